The predicted octanol–water partition coefficient (Wildman–Crippen LogP) is 1.87. The summed E-state index contributed by atoms with van der Waals surface area (Å²) in [6.07, 6.45) is 0.622. The Morgan fingerprint density at radius 1 is 1.07 bits per heavy atom. The lowest BCUT2D eigenvalue weighted by Gasteiger charge is -2.41. The van der Waals surface area contributed by atoms with Gasteiger partial charge in [-0.1, -0.05) is 42.5 Å². The number of piperazine rings is 1. The second-order valence-corrected chi connectivity index (χ2v) is 6.72. The molecule has 0 aliphatic carbocycles. The molecule has 0 saturated carbocycles. The Kier molecular flexibility index (Phi) is 6.68. The normalized spacial score (nSPS) is 17.7. The third-order valence-electron chi connectivity index (χ3n) is 4.86. The van der Waals surface area contributed by atoms with Crippen molar-refractivity contribution in [2.45, 2.75) is 19.0 Å². The van der Waals surface area contributed by atoms with Crippen LogP contribution in [0.5, 0.6) is 11.5 Å². The van der Waals surface area contributed by atoms with Gasteiger partial charge >= 0.3 is 0 Å². The molecule has 1 amide bonds. The minimum absolute atomic E-state index is 0.0242. The van der Waals surface area contributed by atoms with E-state index in [-0.39, 0.29) is 30.9 Å². The molecule has 0 spiro atoms. The van der Waals surface area contributed by atoms with E-state index in [1.807, 2.05) is 18.2 Å². The highest BCUT2D eigenvalue weighted by atomic mass is 16.5. The molecule has 1 atom stereocenters. The zero-order valence-electron chi connectivity index (χ0n) is 15.3. The summed E-state index contributed by atoms with van der Waals surface area (Å²) in [7, 11) is 0. The Morgan fingerprint density at radius 2 is 1.81 bits per heavy atom. The van der Waals surface area contributed by atoms with Crippen LogP contribution >= 0.6 is 0 Å². The molecule has 6 heteroatoms. The van der Waals surface area contributed by atoms with Gasteiger partial charge in [-0.05, 0) is 24.1 Å². The monoisotopic (exact) mass is 370 g/mol. The van der Waals surface area contributed by atoms with Gasteiger partial charge in [-0.3, -0.25) is 9.69 Å². The van der Waals surface area contributed by atoms with Crippen molar-refractivity contribution in [3.8, 4) is 11.5 Å². The highest BCUT2D eigenvalue weighted by molar-refractivity contribution is 5.78. The number of rotatable bonds is 7. The van der Waals surface area contributed by atoms with E-state index in [2.05, 4.69) is 17.0 Å². The van der Waals surface area contributed by atoms with Gasteiger partial charge in [0.2, 0.25) is 0 Å². The van der Waals surface area contributed by atoms with Crippen LogP contribution < -0.4 is 4.74 Å². The summed E-state index contributed by atoms with van der Waals surface area (Å²) < 4.78 is 5.47. The van der Waals surface area contributed by atoms with Gasteiger partial charge in [0.25, 0.3) is 5.91 Å². The molecule has 1 saturated heterocycles. The fourth-order valence-corrected chi connectivity index (χ4v) is 3.38. The van der Waals surface area contributed by atoms with Crippen molar-refractivity contribution >= 4 is 5.91 Å². The van der Waals surface area contributed by atoms with E-state index >= 15 is 0 Å². The van der Waals surface area contributed by atoms with Gasteiger partial charge in [0.15, 0.2) is 18.1 Å². The van der Waals surface area contributed by atoms with Crippen LogP contribution in [0.3, 0.4) is 0 Å². The van der Waals surface area contributed by atoms with Gasteiger partial charge in [0, 0.05) is 38.8 Å². The number of aliphatic hydroxyl groups is 1. The first-order valence-corrected chi connectivity index (χ1v) is 9.25. The molecule has 27 heavy (non-hydrogen) atoms. The molecule has 2 aromatic carbocycles. The highest BCUT2D eigenvalue weighted by Crippen LogP contribution is 2.24. The Bertz CT molecular complexity index is 738. The van der Waals surface area contributed by atoms with Crippen LogP contribution in [0.2, 0.25) is 0 Å². The first-order chi connectivity index (χ1) is 13.2. The third kappa shape index (κ3) is 5.21. The number of carbonyl (C=O) groups excluding carboxylic acids is 1. The number of hydrogen-bond acceptors (Lipinski definition) is 5. The first-order valence-electron chi connectivity index (χ1n) is 9.25. The van der Waals surface area contributed by atoms with E-state index in [1.54, 1.807) is 23.1 Å². The van der Waals surface area contributed by atoms with Crippen molar-refractivity contribution in [1.29, 1.82) is 0 Å². The number of para-hydroxylation sites is 2. The molecular formula is C21H26N2O4. The average Bonchev–Trinajstić information content (AvgIpc) is 2.69. The van der Waals surface area contributed by atoms with Crippen molar-refractivity contribution in [3.05, 3.63) is 60.2 Å². The lowest BCUT2D eigenvalue weighted by molar-refractivity contribution is -0.136. The van der Waals surface area contributed by atoms with E-state index in [0.717, 1.165) is 13.1 Å². The summed E-state index contributed by atoms with van der Waals surface area (Å²) in [5, 5.41) is 19.2. The van der Waals surface area contributed by atoms with E-state index in [0.29, 0.717) is 25.3 Å². The molecular weight excluding hydrogens is 344 g/mol. The number of aliphatic hydroxyl groups excluding tert-OH is 1. The number of benzene rings is 2. The summed E-state index contributed by atoms with van der Waals surface area (Å²) >= 11 is 0. The lowest BCUT2D eigenvalue weighted by Crippen LogP contribution is -2.55. The molecule has 0 unspecified atom stereocenters. The molecule has 144 valence electrons. The van der Waals surface area contributed by atoms with E-state index in [9.17, 15) is 15.0 Å². The quantitative estimate of drug-likeness (QED) is 0.778. The number of phenols is 1. The fraction of sp³-hybridized carbons (Fsp3) is 0.381. The third-order valence-corrected chi connectivity index (χ3v) is 4.86. The maximum atomic E-state index is 12.5. The van der Waals surface area contributed by atoms with Crippen molar-refractivity contribution in [2.75, 3.05) is 32.8 Å². The van der Waals surface area contributed by atoms with Crippen molar-refractivity contribution in [2.24, 2.45) is 0 Å². The number of phenolic OH excluding ortho intramolecular Hbond substituents is 1. The van der Waals surface area contributed by atoms with Gasteiger partial charge < -0.3 is 19.8 Å². The summed E-state index contributed by atoms with van der Waals surface area (Å²) in [6, 6.07) is 16.9. The van der Waals surface area contributed by atoms with Gasteiger partial charge in [0.1, 0.15) is 0 Å². The molecule has 2 aromatic rings. The zero-order chi connectivity index (χ0) is 19.1. The molecule has 0 aromatic heterocycles. The maximum absolute atomic E-state index is 12.5. The first kappa shape index (κ1) is 19.2. The van der Waals surface area contributed by atoms with Crippen molar-refractivity contribution in [1.82, 2.24) is 9.80 Å². The van der Waals surface area contributed by atoms with Gasteiger partial charge in [-0.2, -0.15) is 0 Å². The number of nitrogens with zero attached hydrogens (tertiary/aromatic N) is 2. The maximum Gasteiger partial charge on any atom is 0.260 e. The minimum atomic E-state index is -0.111. The summed E-state index contributed by atoms with van der Waals surface area (Å²) in [4.78, 5) is 16.6. The number of amides is 1. The van der Waals surface area contributed by atoms with E-state index in [4.69, 9.17) is 4.74 Å². The van der Waals surface area contributed by atoms with Crippen LogP contribution in [0, 0.1) is 0 Å². The van der Waals surface area contributed by atoms with Crippen molar-refractivity contribution < 1.29 is 19.7 Å². The molecule has 6 nitrogen and oxygen atoms in total. The van der Waals surface area contributed by atoms with E-state index in [1.165, 1.54) is 11.6 Å². The van der Waals surface area contributed by atoms with Gasteiger partial charge in [-0.25, -0.2) is 0 Å². The number of hydrogen-bond donors (Lipinski definition) is 2. The van der Waals surface area contributed by atoms with Crippen molar-refractivity contribution in [3.63, 3.8) is 0 Å². The van der Waals surface area contributed by atoms with Crippen LogP contribution in [0.4, 0.5) is 0 Å². The molecule has 0 bridgehead atoms. The largest absolute Gasteiger partial charge is 0.504 e. The second-order valence-electron chi connectivity index (χ2n) is 6.72. The molecule has 1 fully saturated rings. The molecule has 1 heterocycles. The van der Waals surface area contributed by atoms with Gasteiger partial charge in [-0.15, -0.1) is 0 Å². The smallest absolute Gasteiger partial charge is 0.260 e. The molecule has 3 rings (SSSR count). The molecule has 1 aliphatic heterocycles. The average molecular weight is 370 g/mol. The second kappa shape index (κ2) is 9.39. The summed E-state index contributed by atoms with van der Waals surface area (Å²) in [5.41, 5.74) is 1.23. The van der Waals surface area contributed by atoms with Crippen LogP contribution in [-0.2, 0) is 11.3 Å². The topological polar surface area (TPSA) is 73.2 Å². The van der Waals surface area contributed by atoms with Crippen LogP contribution in [0.15, 0.2) is 54.6 Å². The minimum Gasteiger partial charge on any atom is -0.504 e. The van der Waals surface area contributed by atoms with Crippen LogP contribution in [0.1, 0.15) is 12.0 Å². The van der Waals surface area contributed by atoms with Crippen LogP contribution in [0.25, 0.3) is 0 Å². The summed E-state index contributed by atoms with van der Waals surface area (Å²) in [6.45, 7) is 2.73. The zero-order valence-corrected chi connectivity index (χ0v) is 15.3. The summed E-state index contributed by atoms with van der Waals surface area (Å²) in [5.74, 6) is 0.220. The highest BCUT2D eigenvalue weighted by Gasteiger charge is 2.29. The fourth-order valence-electron chi connectivity index (χ4n) is 3.38. The standard InChI is InChI=1S/C21H26N2O4/c24-13-10-18-15-23(12-11-22(18)14-17-6-2-1-3-7-17)21(26)16-27-20-9-5-4-8-19(20)25/h1-9,18,24-25H,10-16H2/t18-/m1/s1. The molecule has 1 aliphatic rings. The number of ether oxygens (including phenoxy) is 1. The predicted molar refractivity (Wildman–Crippen MR) is 103 cm³/mol. The molecule has 0 radical (unpaired) electrons. The van der Waals surface area contributed by atoms with E-state index < -0.39 is 0 Å². The Balaban J connectivity index is 1.56. The SMILES string of the molecule is O=C(COc1ccccc1O)N1CCN(Cc2ccccc2)[C@H](CCO)C1. The number of aromatic hydroxyl groups is 1. The Labute approximate surface area is 159 Å². The Morgan fingerprint density at radius 3 is 2.56 bits per heavy atom. The number of carbonyl (C=O) groups is 1. The lowest BCUT2D eigenvalue weighted by atomic mass is 10.1. The molecule has 2 N–H and O–H groups in total. The van der Waals surface area contributed by atoms with Crippen LogP contribution in [-0.4, -0.2) is 64.8 Å². The Hall–Kier alpha value is -2.57. The van der Waals surface area contributed by atoms with Gasteiger partial charge in [0.05, 0.1) is 0 Å².